The van der Waals surface area contributed by atoms with Gasteiger partial charge in [0.2, 0.25) is 17.2 Å². The maximum atomic E-state index is 12.2. The summed E-state index contributed by atoms with van der Waals surface area (Å²) in [6.45, 7) is 2.73. The molecule has 0 radical (unpaired) electrons. The number of halogens is 1. The van der Waals surface area contributed by atoms with Crippen LogP contribution in [-0.2, 0) is 13.1 Å². The normalized spacial score (nSPS) is 20.7. The van der Waals surface area contributed by atoms with Gasteiger partial charge in [-0.1, -0.05) is 6.07 Å². The molecule has 2 aliphatic heterocycles. The number of hydrogen-bond donors (Lipinski definition) is 1. The van der Waals surface area contributed by atoms with Crippen LogP contribution in [0.2, 0.25) is 5.28 Å². The third-order valence-electron chi connectivity index (χ3n) is 5.36. The Morgan fingerprint density at radius 3 is 2.93 bits per heavy atom. The summed E-state index contributed by atoms with van der Waals surface area (Å²) in [5.41, 5.74) is 1.16. The number of fused-ring (bicyclic) bond motifs is 4. The molecular formula is C19H19ClN6O2. The van der Waals surface area contributed by atoms with Gasteiger partial charge in [-0.2, -0.15) is 15.0 Å². The summed E-state index contributed by atoms with van der Waals surface area (Å²) < 4.78 is 7.23. The highest BCUT2D eigenvalue weighted by molar-refractivity contribution is 6.28. The quantitative estimate of drug-likeness (QED) is 0.722. The molecule has 5 rings (SSSR count). The van der Waals surface area contributed by atoms with Gasteiger partial charge >= 0.3 is 0 Å². The molecule has 144 valence electrons. The first-order valence-corrected chi connectivity index (χ1v) is 9.66. The van der Waals surface area contributed by atoms with Gasteiger partial charge < -0.3 is 19.2 Å². The molecule has 28 heavy (non-hydrogen) atoms. The summed E-state index contributed by atoms with van der Waals surface area (Å²) in [5.74, 6) is 2.41. The zero-order chi connectivity index (χ0) is 19.1. The third kappa shape index (κ3) is 3.24. The zero-order valence-corrected chi connectivity index (χ0v) is 15.8. The molecule has 2 aliphatic rings. The SMILES string of the molecule is O=c1cccc2n1C[C@H]1C[C@@H]2CN(c2nc(Cl)nc(NCc3ccco3)n2)C1. The average molecular weight is 399 g/mol. The summed E-state index contributed by atoms with van der Waals surface area (Å²) in [6.07, 6.45) is 2.70. The maximum Gasteiger partial charge on any atom is 0.250 e. The minimum atomic E-state index is 0.0771. The van der Waals surface area contributed by atoms with Gasteiger partial charge in [0, 0.05) is 37.3 Å². The second-order valence-electron chi connectivity index (χ2n) is 7.26. The first-order chi connectivity index (χ1) is 13.7. The standard InChI is InChI=1S/C19H19ClN6O2/c20-17-22-18(21-8-14-3-2-6-28-14)24-19(23-17)25-9-12-7-13(11-25)15-4-1-5-16(27)26(15)10-12/h1-6,12-13H,7-11H2,(H,21,22,23,24)/t12-,13+/m0/s1. The van der Waals surface area contributed by atoms with E-state index in [4.69, 9.17) is 16.0 Å². The number of hydrogen-bond acceptors (Lipinski definition) is 7. The van der Waals surface area contributed by atoms with Crippen LogP contribution in [0.4, 0.5) is 11.9 Å². The Bertz CT molecular complexity index is 1050. The van der Waals surface area contributed by atoms with E-state index in [1.54, 1.807) is 12.3 Å². The van der Waals surface area contributed by atoms with Gasteiger partial charge in [-0.3, -0.25) is 4.79 Å². The van der Waals surface area contributed by atoms with E-state index in [0.717, 1.165) is 37.5 Å². The second-order valence-corrected chi connectivity index (χ2v) is 7.60. The van der Waals surface area contributed by atoms with E-state index >= 15 is 0 Å². The van der Waals surface area contributed by atoms with Crippen LogP contribution in [0, 0.1) is 5.92 Å². The number of aromatic nitrogens is 4. The summed E-state index contributed by atoms with van der Waals surface area (Å²) in [5, 5.41) is 3.28. The second kappa shape index (κ2) is 6.94. The minimum absolute atomic E-state index is 0.0771. The van der Waals surface area contributed by atoms with E-state index in [9.17, 15) is 4.79 Å². The minimum Gasteiger partial charge on any atom is -0.467 e. The molecule has 0 aliphatic carbocycles. The molecule has 1 fully saturated rings. The number of rotatable bonds is 4. The number of nitrogens with one attached hydrogen (secondary N) is 1. The Balaban J connectivity index is 1.39. The molecule has 1 N–H and O–H groups in total. The van der Waals surface area contributed by atoms with E-state index in [1.807, 2.05) is 28.8 Å². The molecule has 0 unspecified atom stereocenters. The van der Waals surface area contributed by atoms with Crippen LogP contribution in [-0.4, -0.2) is 32.6 Å². The molecule has 9 heteroatoms. The lowest BCUT2D eigenvalue weighted by Crippen LogP contribution is -2.47. The van der Waals surface area contributed by atoms with Gasteiger partial charge in [-0.15, -0.1) is 0 Å². The van der Waals surface area contributed by atoms with Gasteiger partial charge in [0.05, 0.1) is 12.8 Å². The third-order valence-corrected chi connectivity index (χ3v) is 5.53. The lowest BCUT2D eigenvalue weighted by molar-refractivity contribution is 0.279. The molecule has 2 bridgehead atoms. The number of nitrogens with zero attached hydrogens (tertiary/aromatic N) is 5. The molecule has 3 aromatic heterocycles. The van der Waals surface area contributed by atoms with Crippen molar-refractivity contribution in [3.05, 3.63) is 63.7 Å². The molecule has 2 atom stereocenters. The van der Waals surface area contributed by atoms with E-state index < -0.39 is 0 Å². The van der Waals surface area contributed by atoms with Crippen LogP contribution >= 0.6 is 11.6 Å². The highest BCUT2D eigenvalue weighted by Gasteiger charge is 2.35. The molecule has 1 saturated heterocycles. The zero-order valence-electron chi connectivity index (χ0n) is 15.1. The largest absolute Gasteiger partial charge is 0.467 e. The molecule has 0 saturated carbocycles. The van der Waals surface area contributed by atoms with Crippen molar-refractivity contribution >= 4 is 23.5 Å². The Labute approximate surface area is 166 Å². The van der Waals surface area contributed by atoms with Crippen LogP contribution in [0.25, 0.3) is 0 Å². The predicted octanol–water partition coefficient (Wildman–Crippen LogP) is 2.52. The number of piperidine rings is 1. The fourth-order valence-electron chi connectivity index (χ4n) is 4.20. The van der Waals surface area contributed by atoms with E-state index in [0.29, 0.717) is 24.4 Å². The van der Waals surface area contributed by atoms with Gasteiger partial charge in [0.25, 0.3) is 5.56 Å². The monoisotopic (exact) mass is 398 g/mol. The van der Waals surface area contributed by atoms with Crippen LogP contribution in [0.3, 0.4) is 0 Å². The molecule has 3 aromatic rings. The van der Waals surface area contributed by atoms with Gasteiger partial charge in [0.15, 0.2) is 0 Å². The Kier molecular flexibility index (Phi) is 4.27. The van der Waals surface area contributed by atoms with Crippen molar-refractivity contribution in [2.45, 2.75) is 25.4 Å². The molecule has 5 heterocycles. The molecule has 8 nitrogen and oxygen atoms in total. The molecule has 0 amide bonds. The fourth-order valence-corrected chi connectivity index (χ4v) is 4.35. The summed E-state index contributed by atoms with van der Waals surface area (Å²) in [7, 11) is 0. The smallest absolute Gasteiger partial charge is 0.250 e. The maximum absolute atomic E-state index is 12.2. The van der Waals surface area contributed by atoms with Crippen molar-refractivity contribution in [2.75, 3.05) is 23.3 Å². The average Bonchev–Trinajstić information content (AvgIpc) is 3.20. The number of furan rings is 1. The molecular weight excluding hydrogens is 380 g/mol. The van der Waals surface area contributed by atoms with Crippen molar-refractivity contribution in [1.82, 2.24) is 19.5 Å². The van der Waals surface area contributed by atoms with Crippen molar-refractivity contribution in [3.63, 3.8) is 0 Å². The van der Waals surface area contributed by atoms with Crippen LogP contribution < -0.4 is 15.8 Å². The van der Waals surface area contributed by atoms with E-state index in [1.165, 1.54) is 0 Å². The van der Waals surface area contributed by atoms with E-state index in [2.05, 4.69) is 25.2 Å². The summed E-state index contributed by atoms with van der Waals surface area (Å²) in [6, 6.07) is 9.22. The van der Waals surface area contributed by atoms with Crippen LogP contribution in [0.5, 0.6) is 0 Å². The van der Waals surface area contributed by atoms with Crippen molar-refractivity contribution in [1.29, 1.82) is 0 Å². The Hall–Kier alpha value is -2.87. The first kappa shape index (κ1) is 17.2. The van der Waals surface area contributed by atoms with Gasteiger partial charge in [0.1, 0.15) is 5.76 Å². The van der Waals surface area contributed by atoms with E-state index in [-0.39, 0.29) is 16.8 Å². The summed E-state index contributed by atoms with van der Waals surface area (Å²) >= 11 is 6.15. The van der Waals surface area contributed by atoms with Gasteiger partial charge in [-0.05, 0) is 42.1 Å². The number of anilines is 2. The van der Waals surface area contributed by atoms with Crippen molar-refractivity contribution < 1.29 is 4.42 Å². The first-order valence-electron chi connectivity index (χ1n) is 9.28. The van der Waals surface area contributed by atoms with Crippen molar-refractivity contribution in [2.24, 2.45) is 5.92 Å². The lowest BCUT2D eigenvalue weighted by Gasteiger charge is -2.42. The topological polar surface area (TPSA) is 89.1 Å². The van der Waals surface area contributed by atoms with Crippen molar-refractivity contribution in [3.8, 4) is 0 Å². The summed E-state index contributed by atoms with van der Waals surface area (Å²) in [4.78, 5) is 27.4. The molecule has 0 aromatic carbocycles. The highest BCUT2D eigenvalue weighted by atomic mass is 35.5. The Morgan fingerprint density at radius 2 is 2.07 bits per heavy atom. The molecule has 0 spiro atoms. The van der Waals surface area contributed by atoms with Crippen LogP contribution in [0.15, 0.2) is 45.8 Å². The fraction of sp³-hybridized carbons (Fsp3) is 0.368. The highest BCUT2D eigenvalue weighted by Crippen LogP contribution is 2.36. The van der Waals surface area contributed by atoms with Crippen LogP contribution in [0.1, 0.15) is 23.8 Å². The van der Waals surface area contributed by atoms with Gasteiger partial charge in [-0.25, -0.2) is 0 Å². The predicted molar refractivity (Wildman–Crippen MR) is 105 cm³/mol. The number of pyridine rings is 1. The lowest BCUT2D eigenvalue weighted by atomic mass is 9.83. The Morgan fingerprint density at radius 1 is 1.14 bits per heavy atom.